The van der Waals surface area contributed by atoms with E-state index < -0.39 is 0 Å². The Hall–Kier alpha value is -2.92. The van der Waals surface area contributed by atoms with Crippen LogP contribution in [0.3, 0.4) is 0 Å². The summed E-state index contributed by atoms with van der Waals surface area (Å²) in [5.41, 5.74) is 2.29. The largest absolute Gasteiger partial charge is 0.454 e. The summed E-state index contributed by atoms with van der Waals surface area (Å²) in [6, 6.07) is 16.1. The predicted octanol–water partition coefficient (Wildman–Crippen LogP) is 2.38. The second-order valence-electron chi connectivity index (χ2n) is 5.56. The summed E-state index contributed by atoms with van der Waals surface area (Å²) in [4.78, 5) is 4.42. The fourth-order valence-electron chi connectivity index (χ4n) is 2.73. The molecule has 0 saturated carbocycles. The van der Waals surface area contributed by atoms with Gasteiger partial charge in [0.1, 0.15) is 6.20 Å². The monoisotopic (exact) mass is 320 g/mol. The molecular formula is C19H18N3O2+. The van der Waals surface area contributed by atoms with E-state index in [0.717, 1.165) is 36.0 Å². The molecule has 0 atom stereocenters. The second-order valence-corrected chi connectivity index (χ2v) is 5.56. The van der Waals surface area contributed by atoms with Crippen molar-refractivity contribution in [2.45, 2.75) is 13.1 Å². The van der Waals surface area contributed by atoms with Crippen LogP contribution in [0, 0.1) is 0 Å². The summed E-state index contributed by atoms with van der Waals surface area (Å²) in [7, 11) is 0. The first kappa shape index (κ1) is 14.7. The minimum atomic E-state index is 0.300. The van der Waals surface area contributed by atoms with Crippen molar-refractivity contribution in [3.8, 4) is 17.3 Å². The van der Waals surface area contributed by atoms with Crippen LogP contribution in [-0.4, -0.2) is 11.8 Å². The van der Waals surface area contributed by atoms with E-state index in [1.807, 2.05) is 59.6 Å². The maximum absolute atomic E-state index is 5.53. The number of ether oxygens (including phenoxy) is 2. The lowest BCUT2D eigenvalue weighted by Gasteiger charge is -2.07. The van der Waals surface area contributed by atoms with E-state index in [2.05, 4.69) is 22.4 Å². The third-order valence-electron chi connectivity index (χ3n) is 3.91. The van der Waals surface area contributed by atoms with Gasteiger partial charge in [-0.3, -0.25) is 0 Å². The van der Waals surface area contributed by atoms with Crippen LogP contribution in [0.4, 0.5) is 0 Å². The number of hydrogen-bond donors (Lipinski definition) is 1. The van der Waals surface area contributed by atoms with Crippen LogP contribution >= 0.6 is 0 Å². The molecule has 1 aromatic carbocycles. The van der Waals surface area contributed by atoms with Crippen molar-refractivity contribution in [3.63, 3.8) is 0 Å². The van der Waals surface area contributed by atoms with Gasteiger partial charge in [0.25, 0.3) is 0 Å². The molecule has 0 saturated heterocycles. The van der Waals surface area contributed by atoms with Gasteiger partial charge in [-0.05, 0) is 34.8 Å². The maximum atomic E-state index is 5.53. The molecule has 0 aliphatic carbocycles. The first-order valence-corrected chi connectivity index (χ1v) is 7.90. The van der Waals surface area contributed by atoms with Crippen LogP contribution in [0.1, 0.15) is 11.1 Å². The van der Waals surface area contributed by atoms with Gasteiger partial charge in [-0.1, -0.05) is 18.2 Å². The number of rotatable bonds is 5. The Morgan fingerprint density at radius 3 is 2.83 bits per heavy atom. The molecule has 5 heteroatoms. The molecule has 1 N–H and O–H groups in total. The van der Waals surface area contributed by atoms with Gasteiger partial charge in [0.2, 0.25) is 6.79 Å². The normalized spacial score (nSPS) is 12.3. The first-order valence-electron chi connectivity index (χ1n) is 7.90. The zero-order chi connectivity index (χ0) is 16.2. The van der Waals surface area contributed by atoms with Crippen LogP contribution < -0.4 is 19.4 Å². The van der Waals surface area contributed by atoms with Crippen LogP contribution in [-0.2, 0) is 13.1 Å². The molecule has 0 amide bonds. The fraction of sp³-hybridized carbons (Fsp3) is 0.158. The summed E-state index contributed by atoms with van der Waals surface area (Å²) >= 11 is 0. The molecule has 3 aromatic rings. The molecule has 0 unspecified atom stereocenters. The first-order chi connectivity index (χ1) is 11.9. The van der Waals surface area contributed by atoms with Crippen LogP contribution in [0.15, 0.2) is 67.1 Å². The van der Waals surface area contributed by atoms with Crippen molar-refractivity contribution in [2.24, 2.45) is 0 Å². The van der Waals surface area contributed by atoms with E-state index in [4.69, 9.17) is 9.47 Å². The van der Waals surface area contributed by atoms with Gasteiger partial charge in [-0.25, -0.2) is 4.57 Å². The highest BCUT2D eigenvalue weighted by atomic mass is 16.7. The Balaban J connectivity index is 1.43. The highest BCUT2D eigenvalue weighted by molar-refractivity contribution is 5.48. The number of nitrogens with one attached hydrogen (secondary N) is 1. The SMILES string of the molecule is c1cc[n+](-c2cc(CNCc3cccc4c3OCO4)ccn2)cc1. The molecule has 0 bridgehead atoms. The number of para-hydroxylation sites is 1. The smallest absolute Gasteiger partial charge is 0.327 e. The van der Waals surface area contributed by atoms with E-state index in [0.29, 0.717) is 6.79 Å². The highest BCUT2D eigenvalue weighted by Crippen LogP contribution is 2.35. The van der Waals surface area contributed by atoms with Gasteiger partial charge in [-0.15, -0.1) is 0 Å². The van der Waals surface area contributed by atoms with Crippen molar-refractivity contribution in [3.05, 3.63) is 78.2 Å². The molecule has 5 nitrogen and oxygen atoms in total. The Morgan fingerprint density at radius 2 is 1.92 bits per heavy atom. The van der Waals surface area contributed by atoms with Crippen LogP contribution in [0.2, 0.25) is 0 Å². The van der Waals surface area contributed by atoms with Gasteiger partial charge in [-0.2, -0.15) is 0 Å². The molecule has 2 aromatic heterocycles. The molecule has 1 aliphatic heterocycles. The van der Waals surface area contributed by atoms with E-state index in [1.54, 1.807) is 0 Å². The van der Waals surface area contributed by atoms with Crippen LogP contribution in [0.5, 0.6) is 11.5 Å². The number of benzene rings is 1. The minimum Gasteiger partial charge on any atom is -0.454 e. The molecule has 4 rings (SSSR count). The minimum absolute atomic E-state index is 0.300. The topological polar surface area (TPSA) is 47.3 Å². The number of aromatic nitrogens is 2. The van der Waals surface area contributed by atoms with Gasteiger partial charge >= 0.3 is 5.82 Å². The molecule has 0 fully saturated rings. The average molecular weight is 320 g/mol. The van der Waals surface area contributed by atoms with E-state index >= 15 is 0 Å². The van der Waals surface area contributed by atoms with Crippen molar-refractivity contribution >= 4 is 0 Å². The van der Waals surface area contributed by atoms with E-state index in [9.17, 15) is 0 Å². The number of pyridine rings is 2. The maximum Gasteiger partial charge on any atom is 0.327 e. The Morgan fingerprint density at radius 1 is 1.00 bits per heavy atom. The molecule has 24 heavy (non-hydrogen) atoms. The summed E-state index contributed by atoms with van der Waals surface area (Å²) in [6.07, 6.45) is 5.82. The van der Waals surface area contributed by atoms with E-state index in [1.165, 1.54) is 5.56 Å². The predicted molar refractivity (Wildman–Crippen MR) is 88.9 cm³/mol. The summed E-state index contributed by atoms with van der Waals surface area (Å²) < 4.78 is 12.9. The fourth-order valence-corrected chi connectivity index (χ4v) is 2.73. The quantitative estimate of drug-likeness (QED) is 0.733. The number of hydrogen-bond acceptors (Lipinski definition) is 4. The lowest BCUT2D eigenvalue weighted by atomic mass is 10.2. The molecule has 3 heterocycles. The summed E-state index contributed by atoms with van der Waals surface area (Å²) in [5.74, 6) is 2.58. The third kappa shape index (κ3) is 3.07. The van der Waals surface area contributed by atoms with Crippen molar-refractivity contribution < 1.29 is 14.0 Å². The van der Waals surface area contributed by atoms with Gasteiger partial charge in [0.05, 0.1) is 12.4 Å². The number of nitrogens with zero attached hydrogens (tertiary/aromatic N) is 2. The Bertz CT molecular complexity index is 837. The molecular weight excluding hydrogens is 302 g/mol. The zero-order valence-corrected chi connectivity index (χ0v) is 13.2. The van der Waals surface area contributed by atoms with Crippen LogP contribution in [0.25, 0.3) is 5.82 Å². The molecule has 0 radical (unpaired) electrons. The van der Waals surface area contributed by atoms with Gasteiger partial charge in [0, 0.05) is 24.7 Å². The zero-order valence-electron chi connectivity index (χ0n) is 13.2. The standard InChI is InChI=1S/C19H18N3O2/c1-2-9-22(10-3-1)18-11-15(7-8-21-18)12-20-13-16-5-4-6-17-19(16)24-14-23-17/h1-11,20H,12-14H2/q+1. The number of fused-ring (bicyclic) bond motifs is 1. The molecule has 1 aliphatic rings. The summed E-state index contributed by atoms with van der Waals surface area (Å²) in [5, 5.41) is 3.45. The lowest BCUT2D eigenvalue weighted by Crippen LogP contribution is -2.30. The van der Waals surface area contributed by atoms with Gasteiger partial charge < -0.3 is 14.8 Å². The van der Waals surface area contributed by atoms with Gasteiger partial charge in [0.15, 0.2) is 11.5 Å². The third-order valence-corrected chi connectivity index (χ3v) is 3.91. The van der Waals surface area contributed by atoms with Crippen molar-refractivity contribution in [1.29, 1.82) is 0 Å². The molecule has 0 spiro atoms. The average Bonchev–Trinajstić information content (AvgIpc) is 3.12. The van der Waals surface area contributed by atoms with E-state index in [-0.39, 0.29) is 0 Å². The lowest BCUT2D eigenvalue weighted by molar-refractivity contribution is -0.599. The molecule has 120 valence electrons. The van der Waals surface area contributed by atoms with Crippen molar-refractivity contribution in [1.82, 2.24) is 10.3 Å². The Kier molecular flexibility index (Phi) is 4.08. The second kappa shape index (κ2) is 6.68. The summed E-state index contributed by atoms with van der Waals surface area (Å²) in [6.45, 7) is 1.78. The van der Waals surface area contributed by atoms with Crippen molar-refractivity contribution in [2.75, 3.05) is 6.79 Å². The highest BCUT2D eigenvalue weighted by Gasteiger charge is 2.16. The Labute approximate surface area is 140 Å².